The number of fused-ring (bicyclic) bond motifs is 1. The summed E-state index contributed by atoms with van der Waals surface area (Å²) in [6.07, 6.45) is 5.74. The quantitative estimate of drug-likeness (QED) is 0.557. The van der Waals surface area contributed by atoms with Crippen LogP contribution in [0.15, 0.2) is 30.3 Å². The number of anilines is 4. The number of carbonyl (C=O) groups excluding carboxylic acids is 2. The number of unbranched alkanes of at least 4 members (excludes halogenated alkanes) is 1. The van der Waals surface area contributed by atoms with Crippen LogP contribution in [-0.4, -0.2) is 43.5 Å². The molecule has 2 amide bonds. The van der Waals surface area contributed by atoms with Crippen molar-refractivity contribution in [1.29, 1.82) is 0 Å². The Labute approximate surface area is 207 Å². The number of aryl methyl sites for hydroxylation is 1. The Kier molecular flexibility index (Phi) is 7.88. The van der Waals surface area contributed by atoms with Crippen molar-refractivity contribution in [3.05, 3.63) is 41.8 Å². The Morgan fingerprint density at radius 3 is 2.57 bits per heavy atom. The van der Waals surface area contributed by atoms with Crippen LogP contribution in [0.2, 0.25) is 0 Å². The summed E-state index contributed by atoms with van der Waals surface area (Å²) < 4.78 is 13.1. The molecular weight excluding hydrogens is 445 g/mol. The number of rotatable bonds is 8. The fourth-order valence-corrected chi connectivity index (χ4v) is 5.08. The van der Waals surface area contributed by atoms with Crippen LogP contribution in [0.3, 0.4) is 0 Å². The molecule has 4 rings (SSSR count). The van der Waals surface area contributed by atoms with Crippen molar-refractivity contribution in [2.45, 2.75) is 52.4 Å². The molecule has 35 heavy (non-hydrogen) atoms. The van der Waals surface area contributed by atoms with E-state index in [1.807, 2.05) is 14.0 Å². The molecule has 0 radical (unpaired) electrons. The van der Waals surface area contributed by atoms with Crippen LogP contribution >= 0.6 is 0 Å². The number of hydrogen-bond donors (Lipinski definition) is 2. The zero-order valence-corrected chi connectivity index (χ0v) is 20.9. The molecule has 1 aliphatic carbocycles. The summed E-state index contributed by atoms with van der Waals surface area (Å²) in [4.78, 5) is 33.7. The first-order chi connectivity index (χ1) is 16.9. The Morgan fingerprint density at radius 2 is 1.89 bits per heavy atom. The molecule has 188 valence electrons. The molecule has 1 saturated carbocycles. The topological polar surface area (TPSA) is 77.6 Å². The number of aromatic nitrogens is 1. The summed E-state index contributed by atoms with van der Waals surface area (Å²) in [6.45, 7) is 6.18. The van der Waals surface area contributed by atoms with Crippen LogP contribution in [0, 0.1) is 24.6 Å². The molecule has 0 bridgehead atoms. The van der Waals surface area contributed by atoms with Gasteiger partial charge < -0.3 is 20.4 Å². The van der Waals surface area contributed by atoms with E-state index >= 15 is 0 Å². The fraction of sp³-hybridized carbons (Fsp3) is 0.519. The maximum atomic E-state index is 13.1. The molecule has 8 heteroatoms. The van der Waals surface area contributed by atoms with Crippen molar-refractivity contribution < 1.29 is 14.0 Å². The number of amides is 2. The maximum Gasteiger partial charge on any atom is 0.246 e. The molecule has 2 aromatic rings. The van der Waals surface area contributed by atoms with Gasteiger partial charge in [0.1, 0.15) is 11.6 Å². The molecule has 1 aromatic carbocycles. The normalized spacial score (nSPS) is 19.9. The van der Waals surface area contributed by atoms with E-state index < -0.39 is 0 Å². The molecule has 1 aromatic heterocycles. The van der Waals surface area contributed by atoms with Gasteiger partial charge in [0.2, 0.25) is 11.8 Å². The summed E-state index contributed by atoms with van der Waals surface area (Å²) in [5, 5.41) is 6.43. The van der Waals surface area contributed by atoms with E-state index in [1.54, 1.807) is 17.0 Å². The predicted octanol–water partition coefficient (Wildman–Crippen LogP) is 4.97. The average Bonchev–Trinajstić information content (AvgIpc) is 2.85. The third-order valence-electron chi connectivity index (χ3n) is 7.21. The monoisotopic (exact) mass is 481 g/mol. The number of likely N-dealkylation sites (N-methyl/N-ethyl adjacent to an activating group) is 1. The van der Waals surface area contributed by atoms with E-state index in [4.69, 9.17) is 4.98 Å². The summed E-state index contributed by atoms with van der Waals surface area (Å²) >= 11 is 0. The summed E-state index contributed by atoms with van der Waals surface area (Å²) in [5.74, 6) is 1.10. The van der Waals surface area contributed by atoms with Crippen LogP contribution in [0.4, 0.5) is 27.3 Å². The molecule has 0 saturated heterocycles. The lowest BCUT2D eigenvalue weighted by molar-refractivity contribution is -0.121. The number of nitrogens with zero attached hydrogens (tertiary/aromatic N) is 3. The Balaban J connectivity index is 1.33. The number of hydrogen-bond acceptors (Lipinski definition) is 5. The lowest BCUT2D eigenvalue weighted by Crippen LogP contribution is -2.44. The second-order valence-electron chi connectivity index (χ2n) is 9.78. The third-order valence-corrected chi connectivity index (χ3v) is 7.21. The van der Waals surface area contributed by atoms with Crippen molar-refractivity contribution in [3.63, 3.8) is 0 Å². The molecule has 0 atom stereocenters. The van der Waals surface area contributed by atoms with Crippen molar-refractivity contribution >= 4 is 34.7 Å². The number of carbonyl (C=O) groups is 2. The van der Waals surface area contributed by atoms with Gasteiger partial charge in [0.25, 0.3) is 0 Å². The number of pyridine rings is 1. The minimum atomic E-state index is -0.311. The SMILES string of the molecule is CCCCN1CC(=O)N(C)c2c1cc(NC[C@H]1CC[C@H](C(=O)Nc3ccc(F)cc3)CC1)nc2C. The van der Waals surface area contributed by atoms with Crippen LogP contribution in [0.1, 0.15) is 51.1 Å². The zero-order valence-electron chi connectivity index (χ0n) is 20.9. The van der Waals surface area contributed by atoms with Gasteiger partial charge in [-0.1, -0.05) is 13.3 Å². The molecule has 0 spiro atoms. The van der Waals surface area contributed by atoms with Crippen LogP contribution in [0.5, 0.6) is 0 Å². The second kappa shape index (κ2) is 11.1. The summed E-state index contributed by atoms with van der Waals surface area (Å²) in [6, 6.07) is 7.96. The number of benzene rings is 1. The third kappa shape index (κ3) is 5.92. The molecular formula is C27H36FN5O2. The van der Waals surface area contributed by atoms with Gasteiger partial charge in [-0.3, -0.25) is 9.59 Å². The van der Waals surface area contributed by atoms with E-state index in [1.165, 1.54) is 12.1 Å². The summed E-state index contributed by atoms with van der Waals surface area (Å²) in [7, 11) is 1.82. The zero-order chi connectivity index (χ0) is 24.9. The van der Waals surface area contributed by atoms with Gasteiger partial charge in [0.05, 0.1) is 23.6 Å². The van der Waals surface area contributed by atoms with Gasteiger partial charge in [0, 0.05) is 37.8 Å². The van der Waals surface area contributed by atoms with Crippen molar-refractivity contribution in [1.82, 2.24) is 4.98 Å². The molecule has 0 unspecified atom stereocenters. The van der Waals surface area contributed by atoms with Crippen molar-refractivity contribution in [2.75, 3.05) is 47.1 Å². The predicted molar refractivity (Wildman–Crippen MR) is 138 cm³/mol. The van der Waals surface area contributed by atoms with E-state index in [-0.39, 0.29) is 23.5 Å². The first-order valence-corrected chi connectivity index (χ1v) is 12.7. The highest BCUT2D eigenvalue weighted by Gasteiger charge is 2.30. The van der Waals surface area contributed by atoms with Crippen LogP contribution < -0.4 is 20.4 Å². The minimum Gasteiger partial charge on any atom is -0.370 e. The van der Waals surface area contributed by atoms with Crippen molar-refractivity contribution in [2.24, 2.45) is 11.8 Å². The average molecular weight is 482 g/mol. The number of halogens is 1. The Morgan fingerprint density at radius 1 is 1.17 bits per heavy atom. The molecule has 1 aliphatic heterocycles. The van der Waals surface area contributed by atoms with Crippen LogP contribution in [-0.2, 0) is 9.59 Å². The Bertz CT molecular complexity index is 1050. The van der Waals surface area contributed by atoms with Gasteiger partial charge in [-0.2, -0.15) is 0 Å². The van der Waals surface area contributed by atoms with Gasteiger partial charge in [-0.25, -0.2) is 9.37 Å². The lowest BCUT2D eigenvalue weighted by Gasteiger charge is -2.36. The molecule has 2 N–H and O–H groups in total. The van der Waals surface area contributed by atoms with E-state index in [2.05, 4.69) is 28.5 Å². The van der Waals surface area contributed by atoms with Crippen LogP contribution in [0.25, 0.3) is 0 Å². The maximum absolute atomic E-state index is 13.1. The lowest BCUT2D eigenvalue weighted by atomic mass is 9.81. The largest absolute Gasteiger partial charge is 0.370 e. The molecule has 1 fully saturated rings. The van der Waals surface area contributed by atoms with Gasteiger partial charge in [-0.05, 0) is 69.2 Å². The Hall–Kier alpha value is -3.16. The second-order valence-corrected chi connectivity index (χ2v) is 9.78. The molecule has 2 heterocycles. The van der Waals surface area contributed by atoms with Gasteiger partial charge in [-0.15, -0.1) is 0 Å². The highest BCUT2D eigenvalue weighted by Crippen LogP contribution is 2.37. The molecule has 7 nitrogen and oxygen atoms in total. The fourth-order valence-electron chi connectivity index (χ4n) is 5.08. The van der Waals surface area contributed by atoms with E-state index in [0.717, 1.165) is 74.5 Å². The standard InChI is InChI=1S/C27H36FN5O2/c1-4-5-14-33-17-25(34)32(3)26-18(2)30-24(15-23(26)33)29-16-19-6-8-20(9-7-19)27(35)31-22-12-10-21(28)11-13-22/h10-13,15,19-20H,4-9,14,16-17H2,1-3H3,(H,29,30)(H,31,35)/t19-,20-. The highest BCUT2D eigenvalue weighted by molar-refractivity contribution is 6.03. The smallest absolute Gasteiger partial charge is 0.246 e. The first-order valence-electron chi connectivity index (χ1n) is 12.7. The first kappa shape index (κ1) is 24.9. The minimum absolute atomic E-state index is 0.0133. The highest BCUT2D eigenvalue weighted by atomic mass is 19.1. The number of nitrogens with one attached hydrogen (secondary N) is 2. The molecule has 2 aliphatic rings. The van der Waals surface area contributed by atoms with E-state index in [0.29, 0.717) is 18.2 Å². The van der Waals surface area contributed by atoms with E-state index in [9.17, 15) is 14.0 Å². The summed E-state index contributed by atoms with van der Waals surface area (Å²) in [5.41, 5.74) is 3.45. The van der Waals surface area contributed by atoms with Gasteiger partial charge in [0.15, 0.2) is 0 Å². The van der Waals surface area contributed by atoms with Crippen molar-refractivity contribution in [3.8, 4) is 0 Å². The van der Waals surface area contributed by atoms with Gasteiger partial charge >= 0.3 is 0 Å².